The van der Waals surface area contributed by atoms with Gasteiger partial charge in [0.2, 0.25) is 5.91 Å². The molecule has 1 aliphatic rings. The van der Waals surface area contributed by atoms with Gasteiger partial charge in [0.05, 0.1) is 24.6 Å². The first kappa shape index (κ1) is 14.9. The highest BCUT2D eigenvalue weighted by Crippen LogP contribution is 2.22. The third kappa shape index (κ3) is 3.51. The summed E-state index contributed by atoms with van der Waals surface area (Å²) in [5, 5.41) is 8.54. The number of nitriles is 1. The lowest BCUT2D eigenvalue weighted by atomic mass is 10.2. The maximum Gasteiger partial charge on any atom is 0.258 e. The predicted octanol–water partition coefficient (Wildman–Crippen LogP) is 0.893. The molecule has 0 aliphatic carbocycles. The molecule has 1 aromatic rings. The van der Waals surface area contributed by atoms with Gasteiger partial charge in [0.25, 0.3) is 5.91 Å². The summed E-state index contributed by atoms with van der Waals surface area (Å²) in [6.07, 6.45) is 0.280. The van der Waals surface area contributed by atoms with Crippen molar-refractivity contribution in [1.82, 2.24) is 9.80 Å². The van der Waals surface area contributed by atoms with E-state index in [0.717, 1.165) is 0 Å². The molecule has 0 bridgehead atoms. The topological polar surface area (TPSA) is 73.6 Å². The molecule has 2 amide bonds. The molecule has 0 atom stereocenters. The number of rotatable bonds is 4. The van der Waals surface area contributed by atoms with Crippen LogP contribution in [0.4, 0.5) is 0 Å². The quantitative estimate of drug-likeness (QED) is 0.824. The number of hydrogen-bond donors (Lipinski definition) is 0. The fraction of sp³-hybridized carbons (Fsp3) is 0.400. The standard InChI is InChI=1S/C15H17N3O3/c1-17(8-4-7-16)14(19)11-18-9-10-21-13-6-3-2-5-12(13)15(18)20/h2-3,5-6H,4,8-11H2,1H3. The Labute approximate surface area is 123 Å². The van der Waals surface area contributed by atoms with Crippen LogP contribution in [0.25, 0.3) is 0 Å². The second kappa shape index (κ2) is 6.75. The molecule has 21 heavy (non-hydrogen) atoms. The number of likely N-dealkylation sites (N-methyl/N-ethyl adjacent to an activating group) is 1. The zero-order valence-corrected chi connectivity index (χ0v) is 11.9. The summed E-state index contributed by atoms with van der Waals surface area (Å²) in [6, 6.07) is 9.01. The van der Waals surface area contributed by atoms with Crippen LogP contribution >= 0.6 is 0 Å². The van der Waals surface area contributed by atoms with Crippen LogP contribution in [-0.4, -0.2) is 54.9 Å². The molecule has 1 aromatic carbocycles. The summed E-state index contributed by atoms with van der Waals surface area (Å²) in [4.78, 5) is 27.5. The van der Waals surface area contributed by atoms with Gasteiger partial charge in [-0.25, -0.2) is 0 Å². The monoisotopic (exact) mass is 287 g/mol. The second-order valence-electron chi connectivity index (χ2n) is 4.79. The molecular weight excluding hydrogens is 270 g/mol. The van der Waals surface area contributed by atoms with Crippen LogP contribution in [0, 0.1) is 11.3 Å². The molecular formula is C15H17N3O3. The predicted molar refractivity (Wildman–Crippen MR) is 75.7 cm³/mol. The fourth-order valence-electron chi connectivity index (χ4n) is 2.08. The SMILES string of the molecule is CN(CCC#N)C(=O)CN1CCOc2ccccc2C1=O. The van der Waals surface area contributed by atoms with Crippen molar-refractivity contribution in [2.24, 2.45) is 0 Å². The molecule has 1 aliphatic heterocycles. The zero-order valence-electron chi connectivity index (χ0n) is 11.9. The third-order valence-electron chi connectivity index (χ3n) is 3.33. The van der Waals surface area contributed by atoms with Crippen LogP contribution in [0.5, 0.6) is 5.75 Å². The Morgan fingerprint density at radius 2 is 2.24 bits per heavy atom. The largest absolute Gasteiger partial charge is 0.491 e. The third-order valence-corrected chi connectivity index (χ3v) is 3.33. The van der Waals surface area contributed by atoms with Crippen molar-refractivity contribution in [2.75, 3.05) is 33.3 Å². The van der Waals surface area contributed by atoms with Crippen molar-refractivity contribution in [3.63, 3.8) is 0 Å². The van der Waals surface area contributed by atoms with Gasteiger partial charge < -0.3 is 14.5 Å². The summed E-state index contributed by atoms with van der Waals surface area (Å²) >= 11 is 0. The van der Waals surface area contributed by atoms with Gasteiger partial charge >= 0.3 is 0 Å². The maximum absolute atomic E-state index is 12.4. The molecule has 6 nitrogen and oxygen atoms in total. The van der Waals surface area contributed by atoms with E-state index < -0.39 is 0 Å². The summed E-state index contributed by atoms with van der Waals surface area (Å²) in [5.74, 6) is 0.165. The summed E-state index contributed by atoms with van der Waals surface area (Å²) in [6.45, 7) is 1.09. The molecule has 0 saturated carbocycles. The number of para-hydroxylation sites is 1. The number of carbonyl (C=O) groups is 2. The van der Waals surface area contributed by atoms with E-state index in [0.29, 0.717) is 31.0 Å². The van der Waals surface area contributed by atoms with Gasteiger partial charge in [-0.05, 0) is 12.1 Å². The number of amides is 2. The van der Waals surface area contributed by atoms with Gasteiger partial charge in [0, 0.05) is 13.6 Å². The maximum atomic E-state index is 12.4. The van der Waals surface area contributed by atoms with Gasteiger partial charge in [-0.2, -0.15) is 5.26 Å². The van der Waals surface area contributed by atoms with E-state index in [1.807, 2.05) is 12.1 Å². The van der Waals surface area contributed by atoms with Crippen LogP contribution in [0.2, 0.25) is 0 Å². The van der Waals surface area contributed by atoms with E-state index in [2.05, 4.69) is 0 Å². The van der Waals surface area contributed by atoms with Crippen molar-refractivity contribution in [1.29, 1.82) is 5.26 Å². The first-order chi connectivity index (χ1) is 10.1. The molecule has 2 rings (SSSR count). The average Bonchev–Trinajstić information content (AvgIpc) is 2.65. The minimum Gasteiger partial charge on any atom is -0.491 e. The molecule has 6 heteroatoms. The Kier molecular flexibility index (Phi) is 4.77. The highest BCUT2D eigenvalue weighted by molar-refractivity contribution is 5.99. The lowest BCUT2D eigenvalue weighted by Crippen LogP contribution is -2.42. The van der Waals surface area contributed by atoms with Crippen molar-refractivity contribution in [3.05, 3.63) is 29.8 Å². The van der Waals surface area contributed by atoms with Crippen LogP contribution in [0.15, 0.2) is 24.3 Å². The molecule has 0 saturated heterocycles. The van der Waals surface area contributed by atoms with E-state index in [-0.39, 0.29) is 24.8 Å². The van der Waals surface area contributed by atoms with Gasteiger partial charge in [0.1, 0.15) is 18.9 Å². The molecule has 110 valence electrons. The average molecular weight is 287 g/mol. The Morgan fingerprint density at radius 3 is 3.00 bits per heavy atom. The Morgan fingerprint density at radius 1 is 1.48 bits per heavy atom. The first-order valence-electron chi connectivity index (χ1n) is 6.75. The molecule has 0 radical (unpaired) electrons. The highest BCUT2D eigenvalue weighted by atomic mass is 16.5. The molecule has 0 spiro atoms. The number of benzene rings is 1. The fourth-order valence-corrected chi connectivity index (χ4v) is 2.08. The van der Waals surface area contributed by atoms with Crippen LogP contribution in [0.1, 0.15) is 16.8 Å². The Bertz CT molecular complexity index is 580. The Hall–Kier alpha value is -2.55. The second-order valence-corrected chi connectivity index (χ2v) is 4.79. The number of nitrogens with zero attached hydrogens (tertiary/aromatic N) is 3. The van der Waals surface area contributed by atoms with Gasteiger partial charge in [-0.15, -0.1) is 0 Å². The minimum absolute atomic E-state index is 0.00153. The Balaban J connectivity index is 2.06. The van der Waals surface area contributed by atoms with Gasteiger partial charge in [-0.3, -0.25) is 9.59 Å². The van der Waals surface area contributed by atoms with Crippen molar-refractivity contribution in [2.45, 2.75) is 6.42 Å². The lowest BCUT2D eigenvalue weighted by molar-refractivity contribution is -0.130. The smallest absolute Gasteiger partial charge is 0.258 e. The van der Waals surface area contributed by atoms with Crippen LogP contribution in [-0.2, 0) is 4.79 Å². The van der Waals surface area contributed by atoms with Crippen molar-refractivity contribution >= 4 is 11.8 Å². The van der Waals surface area contributed by atoms with Crippen molar-refractivity contribution in [3.8, 4) is 11.8 Å². The van der Waals surface area contributed by atoms with E-state index >= 15 is 0 Å². The van der Waals surface area contributed by atoms with E-state index in [9.17, 15) is 9.59 Å². The number of carbonyl (C=O) groups excluding carboxylic acids is 2. The summed E-state index contributed by atoms with van der Waals surface area (Å²) in [7, 11) is 1.63. The molecule has 0 N–H and O–H groups in total. The van der Waals surface area contributed by atoms with Crippen molar-refractivity contribution < 1.29 is 14.3 Å². The van der Waals surface area contributed by atoms with Gasteiger partial charge in [-0.1, -0.05) is 12.1 Å². The first-order valence-corrected chi connectivity index (χ1v) is 6.75. The minimum atomic E-state index is -0.204. The number of fused-ring (bicyclic) bond motifs is 1. The van der Waals surface area contributed by atoms with Crippen LogP contribution < -0.4 is 4.74 Å². The summed E-state index contributed by atoms with van der Waals surface area (Å²) in [5.41, 5.74) is 0.475. The lowest BCUT2D eigenvalue weighted by Gasteiger charge is -2.23. The van der Waals surface area contributed by atoms with E-state index in [4.69, 9.17) is 10.00 Å². The highest BCUT2D eigenvalue weighted by Gasteiger charge is 2.25. The van der Waals surface area contributed by atoms with E-state index in [1.54, 1.807) is 25.2 Å². The molecule has 0 aromatic heterocycles. The van der Waals surface area contributed by atoms with E-state index in [1.165, 1.54) is 9.80 Å². The molecule has 0 unspecified atom stereocenters. The number of hydrogen-bond acceptors (Lipinski definition) is 4. The zero-order chi connectivity index (χ0) is 15.2. The molecule has 0 fully saturated rings. The van der Waals surface area contributed by atoms with Crippen LogP contribution in [0.3, 0.4) is 0 Å². The summed E-state index contributed by atoms with van der Waals surface area (Å²) < 4.78 is 5.53. The number of ether oxygens (including phenoxy) is 1. The van der Waals surface area contributed by atoms with Gasteiger partial charge in [0.15, 0.2) is 0 Å². The molecule has 1 heterocycles. The normalized spacial score (nSPS) is 13.7.